The van der Waals surface area contributed by atoms with Crippen molar-refractivity contribution in [1.82, 2.24) is 20.0 Å². The Labute approximate surface area is 202 Å². The molecular formula is C27H38N4O3. The lowest BCUT2D eigenvalue weighted by atomic mass is 9.91. The summed E-state index contributed by atoms with van der Waals surface area (Å²) in [5, 5.41) is 8.01. The van der Waals surface area contributed by atoms with Crippen LogP contribution in [0.4, 0.5) is 0 Å². The van der Waals surface area contributed by atoms with E-state index in [0.29, 0.717) is 18.8 Å². The number of benzene rings is 1. The van der Waals surface area contributed by atoms with Crippen LogP contribution in [0.3, 0.4) is 0 Å². The van der Waals surface area contributed by atoms with Crippen LogP contribution in [-0.2, 0) is 17.9 Å². The van der Waals surface area contributed by atoms with Crippen molar-refractivity contribution in [3.63, 3.8) is 0 Å². The van der Waals surface area contributed by atoms with Crippen LogP contribution in [0, 0.1) is 0 Å². The number of hydrogen-bond acceptors (Lipinski definition) is 4. The molecule has 0 bridgehead atoms. The summed E-state index contributed by atoms with van der Waals surface area (Å²) in [5.74, 6) is 0.720. The number of amides is 2. The fourth-order valence-electron chi connectivity index (χ4n) is 5.05. The molecule has 2 aliphatic rings. The van der Waals surface area contributed by atoms with Crippen LogP contribution >= 0.6 is 0 Å². The second-order valence-electron chi connectivity index (χ2n) is 10.3. The van der Waals surface area contributed by atoms with Gasteiger partial charge < -0.3 is 15.0 Å². The average Bonchev–Trinajstić information content (AvgIpc) is 3.23. The van der Waals surface area contributed by atoms with E-state index in [1.807, 2.05) is 37.3 Å². The van der Waals surface area contributed by atoms with Crippen LogP contribution < -0.4 is 10.1 Å². The molecule has 1 aliphatic heterocycles. The molecule has 2 amide bonds. The topological polar surface area (TPSA) is 76.5 Å². The first-order valence-electron chi connectivity index (χ1n) is 12.7. The molecule has 7 nitrogen and oxygen atoms in total. The highest BCUT2D eigenvalue weighted by atomic mass is 16.5. The van der Waals surface area contributed by atoms with Gasteiger partial charge in [0.25, 0.3) is 5.91 Å². The molecule has 0 saturated heterocycles. The molecule has 184 valence electrons. The summed E-state index contributed by atoms with van der Waals surface area (Å²) in [7, 11) is 1.63. The summed E-state index contributed by atoms with van der Waals surface area (Å²) in [5.41, 5.74) is 1.34. The lowest BCUT2D eigenvalue weighted by Crippen LogP contribution is -2.64. The van der Waals surface area contributed by atoms with Gasteiger partial charge in [-0.2, -0.15) is 5.10 Å². The van der Waals surface area contributed by atoms with E-state index in [-0.39, 0.29) is 23.8 Å². The number of carbonyl (C=O) groups is 2. The van der Waals surface area contributed by atoms with Crippen molar-refractivity contribution < 1.29 is 14.3 Å². The number of methoxy groups -OCH3 is 1. The van der Waals surface area contributed by atoms with Gasteiger partial charge >= 0.3 is 0 Å². The van der Waals surface area contributed by atoms with E-state index in [1.54, 1.807) is 16.7 Å². The number of rotatable bonds is 6. The number of hydrogen-bond donors (Lipinski definition) is 1. The Morgan fingerprint density at radius 2 is 1.79 bits per heavy atom. The zero-order valence-corrected chi connectivity index (χ0v) is 21.0. The molecule has 1 atom stereocenters. The maximum absolute atomic E-state index is 13.8. The van der Waals surface area contributed by atoms with Crippen LogP contribution in [-0.4, -0.2) is 45.2 Å². The van der Waals surface area contributed by atoms with E-state index in [1.165, 1.54) is 19.3 Å². The molecule has 2 aromatic rings. The Balaban J connectivity index is 1.64. The van der Waals surface area contributed by atoms with E-state index < -0.39 is 5.54 Å². The van der Waals surface area contributed by atoms with Gasteiger partial charge in [-0.25, -0.2) is 0 Å². The van der Waals surface area contributed by atoms with Crippen LogP contribution in [0.1, 0.15) is 93.4 Å². The molecule has 0 spiro atoms. The van der Waals surface area contributed by atoms with Crippen LogP contribution in [0.25, 0.3) is 0 Å². The largest absolute Gasteiger partial charge is 0.497 e. The summed E-state index contributed by atoms with van der Waals surface area (Å²) in [6, 6.07) is 9.70. The van der Waals surface area contributed by atoms with Crippen molar-refractivity contribution in [3.05, 3.63) is 47.3 Å². The van der Waals surface area contributed by atoms with Crippen molar-refractivity contribution in [2.24, 2.45) is 0 Å². The molecule has 1 aromatic heterocycles. The number of nitrogens with one attached hydrogen (secondary N) is 1. The SMILES string of the molecule is COc1ccc(CN2C(=O)c3cc(C(C)C)nn3C[C@@]2(C)C(=O)NC2CCCCCCC2)cc1. The van der Waals surface area contributed by atoms with Crippen molar-refractivity contribution in [2.75, 3.05) is 7.11 Å². The Morgan fingerprint density at radius 3 is 2.41 bits per heavy atom. The van der Waals surface area contributed by atoms with Gasteiger partial charge in [0.05, 0.1) is 19.3 Å². The molecule has 2 heterocycles. The normalized spacial score (nSPS) is 21.7. The van der Waals surface area contributed by atoms with Gasteiger partial charge in [-0.1, -0.05) is 58.1 Å². The summed E-state index contributed by atoms with van der Waals surface area (Å²) in [6.07, 6.45) is 8.00. The first kappa shape index (κ1) is 24.3. The summed E-state index contributed by atoms with van der Waals surface area (Å²) < 4.78 is 7.01. The predicted octanol–water partition coefficient (Wildman–Crippen LogP) is 4.66. The minimum Gasteiger partial charge on any atom is -0.497 e. The van der Waals surface area contributed by atoms with Gasteiger partial charge in [0.1, 0.15) is 17.0 Å². The maximum Gasteiger partial charge on any atom is 0.273 e. The highest BCUT2D eigenvalue weighted by molar-refractivity contribution is 5.99. The van der Waals surface area contributed by atoms with Crippen molar-refractivity contribution in [2.45, 2.75) is 96.3 Å². The molecule has 0 radical (unpaired) electrons. The second kappa shape index (κ2) is 10.2. The summed E-state index contributed by atoms with van der Waals surface area (Å²) >= 11 is 0. The zero-order chi connectivity index (χ0) is 24.3. The van der Waals surface area contributed by atoms with E-state index in [2.05, 4.69) is 24.3 Å². The van der Waals surface area contributed by atoms with Gasteiger partial charge in [0.15, 0.2) is 0 Å². The molecule has 1 fully saturated rings. The fraction of sp³-hybridized carbons (Fsp3) is 0.593. The molecule has 34 heavy (non-hydrogen) atoms. The lowest BCUT2D eigenvalue weighted by Gasteiger charge is -2.44. The third kappa shape index (κ3) is 4.98. The molecule has 4 rings (SSSR count). The molecule has 1 aromatic carbocycles. The van der Waals surface area contributed by atoms with Gasteiger partial charge in [-0.05, 0) is 49.4 Å². The van der Waals surface area contributed by atoms with E-state index in [4.69, 9.17) is 4.74 Å². The van der Waals surface area contributed by atoms with Crippen LogP contribution in [0.2, 0.25) is 0 Å². The second-order valence-corrected chi connectivity index (χ2v) is 10.3. The highest BCUT2D eigenvalue weighted by Crippen LogP contribution is 2.31. The van der Waals surface area contributed by atoms with Crippen molar-refractivity contribution >= 4 is 11.8 Å². The highest BCUT2D eigenvalue weighted by Gasteiger charge is 2.48. The molecule has 1 aliphatic carbocycles. The molecule has 1 N–H and O–H groups in total. The standard InChI is InChI=1S/C27H38N4O3/c1-19(2)23-16-24-25(32)30(17-20-12-14-22(34-4)15-13-20)27(3,18-31(24)29-23)26(33)28-21-10-8-6-5-7-9-11-21/h12-16,19,21H,5-11,17-18H2,1-4H3,(H,28,33)/t27-/m0/s1. The molecule has 1 saturated carbocycles. The smallest absolute Gasteiger partial charge is 0.273 e. The quantitative estimate of drug-likeness (QED) is 0.672. The zero-order valence-electron chi connectivity index (χ0n) is 21.0. The monoisotopic (exact) mass is 466 g/mol. The van der Waals surface area contributed by atoms with Gasteiger partial charge in [-0.15, -0.1) is 0 Å². The average molecular weight is 467 g/mol. The summed E-state index contributed by atoms with van der Waals surface area (Å²) in [4.78, 5) is 29.3. The third-order valence-corrected chi connectivity index (χ3v) is 7.34. The first-order chi connectivity index (χ1) is 16.3. The van der Waals surface area contributed by atoms with Crippen LogP contribution in [0.15, 0.2) is 30.3 Å². The van der Waals surface area contributed by atoms with Gasteiger partial charge in [-0.3, -0.25) is 14.3 Å². The van der Waals surface area contributed by atoms with Crippen molar-refractivity contribution in [1.29, 1.82) is 0 Å². The molecule has 7 heteroatoms. The number of nitrogens with zero attached hydrogens (tertiary/aromatic N) is 3. The Hall–Kier alpha value is -2.83. The summed E-state index contributed by atoms with van der Waals surface area (Å²) in [6.45, 7) is 6.70. The number of fused-ring (bicyclic) bond motifs is 1. The van der Waals surface area contributed by atoms with Crippen molar-refractivity contribution in [3.8, 4) is 5.75 Å². The van der Waals surface area contributed by atoms with E-state index >= 15 is 0 Å². The minimum absolute atomic E-state index is 0.0906. The Bertz CT molecular complexity index is 1010. The number of aromatic nitrogens is 2. The predicted molar refractivity (Wildman–Crippen MR) is 132 cm³/mol. The maximum atomic E-state index is 13.8. The first-order valence-corrected chi connectivity index (χ1v) is 12.7. The number of ether oxygens (including phenoxy) is 1. The third-order valence-electron chi connectivity index (χ3n) is 7.34. The minimum atomic E-state index is -1.04. The van der Waals surface area contributed by atoms with Crippen LogP contribution in [0.5, 0.6) is 5.75 Å². The Kier molecular flexibility index (Phi) is 7.29. The Morgan fingerprint density at radius 1 is 1.15 bits per heavy atom. The van der Waals surface area contributed by atoms with E-state index in [9.17, 15) is 9.59 Å². The van der Waals surface area contributed by atoms with E-state index in [0.717, 1.165) is 42.7 Å². The molecular weight excluding hydrogens is 428 g/mol. The fourth-order valence-corrected chi connectivity index (χ4v) is 5.05. The number of carbonyl (C=O) groups excluding carboxylic acids is 2. The molecule has 0 unspecified atom stereocenters. The van der Waals surface area contributed by atoms with Gasteiger partial charge in [0.2, 0.25) is 5.91 Å². The lowest BCUT2D eigenvalue weighted by molar-refractivity contribution is -0.134. The van der Waals surface area contributed by atoms with Gasteiger partial charge in [0, 0.05) is 12.6 Å².